The lowest BCUT2D eigenvalue weighted by molar-refractivity contribution is 0.110. The molecule has 0 amide bonds. The number of likely N-dealkylation sites (N-methyl/N-ethyl adjacent to an activating group) is 1. The highest BCUT2D eigenvalue weighted by molar-refractivity contribution is 4.65. The summed E-state index contributed by atoms with van der Waals surface area (Å²) in [5.41, 5.74) is 0.390. The monoisotopic (exact) mass is 173 g/mol. The van der Waals surface area contributed by atoms with E-state index in [0.29, 0.717) is 5.41 Å². The van der Waals surface area contributed by atoms with Crippen molar-refractivity contribution in [1.29, 1.82) is 0 Å². The lowest BCUT2D eigenvalue weighted by Gasteiger charge is -2.26. The van der Waals surface area contributed by atoms with Gasteiger partial charge < -0.3 is 9.64 Å². The minimum absolute atomic E-state index is 0.390. The van der Waals surface area contributed by atoms with Crippen LogP contribution in [0.2, 0.25) is 0 Å². The molecule has 0 bridgehead atoms. The van der Waals surface area contributed by atoms with Crippen LogP contribution in [0.1, 0.15) is 27.7 Å². The molecule has 12 heavy (non-hydrogen) atoms. The van der Waals surface area contributed by atoms with Crippen molar-refractivity contribution < 1.29 is 4.74 Å². The molecule has 0 N–H and O–H groups in total. The molecule has 0 unspecified atom stereocenters. The fourth-order valence-electron chi connectivity index (χ4n) is 1.25. The maximum absolute atomic E-state index is 5.28. The molecule has 0 rings (SSSR count). The average Bonchev–Trinajstić information content (AvgIpc) is 1.84. The third kappa shape index (κ3) is 8.02. The van der Waals surface area contributed by atoms with Gasteiger partial charge in [-0.3, -0.25) is 0 Å². The molecule has 0 aliphatic carbocycles. The Balaban J connectivity index is 3.40. The van der Waals surface area contributed by atoms with Crippen molar-refractivity contribution in [1.82, 2.24) is 4.90 Å². The van der Waals surface area contributed by atoms with Gasteiger partial charge in [-0.15, -0.1) is 0 Å². The lowest BCUT2D eigenvalue weighted by atomic mass is 9.96. The number of hydrogen-bond donors (Lipinski definition) is 0. The van der Waals surface area contributed by atoms with Gasteiger partial charge in [-0.2, -0.15) is 0 Å². The standard InChI is InChI=1S/C10H23NO/c1-6-12-8-7-11(5)9-10(2,3)4/h6-9H2,1-5H3. The Kier molecular flexibility index (Phi) is 5.51. The summed E-state index contributed by atoms with van der Waals surface area (Å²) >= 11 is 0. The van der Waals surface area contributed by atoms with Crippen molar-refractivity contribution in [2.24, 2.45) is 5.41 Å². The maximum atomic E-state index is 5.28. The van der Waals surface area contributed by atoms with Gasteiger partial charge in [-0.1, -0.05) is 20.8 Å². The van der Waals surface area contributed by atoms with Gasteiger partial charge in [0.1, 0.15) is 0 Å². The van der Waals surface area contributed by atoms with Gasteiger partial charge in [-0.25, -0.2) is 0 Å². The molecule has 2 heteroatoms. The van der Waals surface area contributed by atoms with E-state index in [9.17, 15) is 0 Å². The van der Waals surface area contributed by atoms with E-state index in [1.165, 1.54) is 0 Å². The summed E-state index contributed by atoms with van der Waals surface area (Å²) in [5, 5.41) is 0. The zero-order valence-electron chi connectivity index (χ0n) is 9.18. The van der Waals surface area contributed by atoms with Crippen molar-refractivity contribution in [3.05, 3.63) is 0 Å². The summed E-state index contributed by atoms with van der Waals surface area (Å²) in [6, 6.07) is 0. The summed E-state index contributed by atoms with van der Waals surface area (Å²) in [7, 11) is 2.14. The van der Waals surface area contributed by atoms with Crippen molar-refractivity contribution in [2.45, 2.75) is 27.7 Å². The third-order valence-electron chi connectivity index (χ3n) is 1.57. The van der Waals surface area contributed by atoms with Crippen molar-refractivity contribution in [3.63, 3.8) is 0 Å². The van der Waals surface area contributed by atoms with E-state index in [0.717, 1.165) is 26.3 Å². The molecule has 0 heterocycles. The van der Waals surface area contributed by atoms with E-state index in [1.807, 2.05) is 6.92 Å². The second-order valence-electron chi connectivity index (χ2n) is 4.50. The van der Waals surface area contributed by atoms with Crippen LogP contribution in [0.15, 0.2) is 0 Å². The summed E-state index contributed by atoms with van der Waals surface area (Å²) < 4.78 is 5.28. The lowest BCUT2D eigenvalue weighted by Crippen LogP contribution is -2.31. The molecule has 0 spiro atoms. The zero-order chi connectivity index (χ0) is 9.61. The van der Waals surface area contributed by atoms with Crippen LogP contribution in [0, 0.1) is 5.41 Å². The van der Waals surface area contributed by atoms with Gasteiger partial charge in [0.15, 0.2) is 0 Å². The molecule has 0 saturated carbocycles. The molecule has 0 fully saturated rings. The van der Waals surface area contributed by atoms with Crippen molar-refractivity contribution in [2.75, 3.05) is 33.4 Å². The first-order valence-corrected chi connectivity index (χ1v) is 4.72. The second kappa shape index (κ2) is 5.55. The minimum atomic E-state index is 0.390. The quantitative estimate of drug-likeness (QED) is 0.590. The molecule has 0 aromatic heterocycles. The Hall–Kier alpha value is -0.0800. The van der Waals surface area contributed by atoms with Gasteiger partial charge >= 0.3 is 0 Å². The summed E-state index contributed by atoms with van der Waals surface area (Å²) in [5.74, 6) is 0. The van der Waals surface area contributed by atoms with Gasteiger partial charge in [0.05, 0.1) is 6.61 Å². The van der Waals surface area contributed by atoms with Gasteiger partial charge in [0, 0.05) is 19.7 Å². The highest BCUT2D eigenvalue weighted by Gasteiger charge is 2.12. The van der Waals surface area contributed by atoms with Crippen LogP contribution in [0.5, 0.6) is 0 Å². The molecule has 0 atom stereocenters. The Labute approximate surface area is 76.9 Å². The van der Waals surface area contributed by atoms with Crippen LogP contribution >= 0.6 is 0 Å². The molecule has 0 aliphatic rings. The Morgan fingerprint density at radius 3 is 2.25 bits per heavy atom. The predicted octanol–water partition coefficient (Wildman–Crippen LogP) is 2.00. The molecule has 0 aliphatic heterocycles. The van der Waals surface area contributed by atoms with Crippen LogP contribution < -0.4 is 0 Å². The SMILES string of the molecule is CCOCCN(C)CC(C)(C)C. The van der Waals surface area contributed by atoms with Crippen molar-refractivity contribution in [3.8, 4) is 0 Å². The van der Waals surface area contributed by atoms with Gasteiger partial charge in [0.25, 0.3) is 0 Å². The number of nitrogens with zero attached hydrogens (tertiary/aromatic N) is 1. The highest BCUT2D eigenvalue weighted by atomic mass is 16.5. The van der Waals surface area contributed by atoms with E-state index in [1.54, 1.807) is 0 Å². The first-order valence-electron chi connectivity index (χ1n) is 4.72. The van der Waals surface area contributed by atoms with Gasteiger partial charge in [-0.05, 0) is 19.4 Å². The molecular weight excluding hydrogens is 150 g/mol. The summed E-state index contributed by atoms with van der Waals surface area (Å²) in [6.45, 7) is 12.6. The highest BCUT2D eigenvalue weighted by Crippen LogP contribution is 2.13. The molecule has 74 valence electrons. The van der Waals surface area contributed by atoms with Crippen LogP contribution in [0.4, 0.5) is 0 Å². The smallest absolute Gasteiger partial charge is 0.0593 e. The average molecular weight is 173 g/mol. The third-order valence-corrected chi connectivity index (χ3v) is 1.57. The van der Waals surface area contributed by atoms with Crippen molar-refractivity contribution >= 4 is 0 Å². The first-order chi connectivity index (χ1) is 5.45. The molecule has 0 aromatic carbocycles. The Morgan fingerprint density at radius 1 is 1.25 bits per heavy atom. The number of rotatable bonds is 5. The largest absolute Gasteiger partial charge is 0.380 e. The summed E-state index contributed by atoms with van der Waals surface area (Å²) in [4.78, 5) is 2.32. The molecular formula is C10H23NO. The van der Waals surface area contributed by atoms with E-state index >= 15 is 0 Å². The van der Waals surface area contributed by atoms with Gasteiger partial charge in [0.2, 0.25) is 0 Å². The second-order valence-corrected chi connectivity index (χ2v) is 4.50. The first kappa shape index (κ1) is 11.9. The van der Waals surface area contributed by atoms with Crippen LogP contribution in [-0.2, 0) is 4.74 Å². The summed E-state index contributed by atoms with van der Waals surface area (Å²) in [6.07, 6.45) is 0. The van der Waals surface area contributed by atoms with E-state index in [-0.39, 0.29) is 0 Å². The topological polar surface area (TPSA) is 12.5 Å². The molecule has 0 radical (unpaired) electrons. The van der Waals surface area contributed by atoms with E-state index in [2.05, 4.69) is 32.7 Å². The van der Waals surface area contributed by atoms with E-state index in [4.69, 9.17) is 4.74 Å². The fraction of sp³-hybridized carbons (Fsp3) is 1.00. The fourth-order valence-corrected chi connectivity index (χ4v) is 1.25. The molecule has 0 aromatic rings. The van der Waals surface area contributed by atoms with E-state index < -0.39 is 0 Å². The number of hydrogen-bond acceptors (Lipinski definition) is 2. The van der Waals surface area contributed by atoms with Crippen LogP contribution in [-0.4, -0.2) is 38.3 Å². The zero-order valence-corrected chi connectivity index (χ0v) is 9.18. The molecule has 0 saturated heterocycles. The normalized spacial score (nSPS) is 12.5. The maximum Gasteiger partial charge on any atom is 0.0593 e. The van der Waals surface area contributed by atoms with Crippen LogP contribution in [0.25, 0.3) is 0 Å². The predicted molar refractivity (Wildman–Crippen MR) is 53.4 cm³/mol. The van der Waals surface area contributed by atoms with Crippen LogP contribution in [0.3, 0.4) is 0 Å². The Bertz CT molecular complexity index is 107. The number of ether oxygens (including phenoxy) is 1. The molecule has 2 nitrogen and oxygen atoms in total. The minimum Gasteiger partial charge on any atom is -0.380 e. The Morgan fingerprint density at radius 2 is 1.83 bits per heavy atom.